The minimum absolute atomic E-state index is 0.0239. The monoisotopic (exact) mass is 303 g/mol. The molecule has 0 amide bonds. The average Bonchev–Trinajstić information content (AvgIpc) is 2.50. The summed E-state index contributed by atoms with van der Waals surface area (Å²) >= 11 is 0. The number of nitrogens with zero attached hydrogens (tertiary/aromatic N) is 1. The first kappa shape index (κ1) is 16.3. The predicted octanol–water partition coefficient (Wildman–Crippen LogP) is 3.19. The summed E-state index contributed by atoms with van der Waals surface area (Å²) in [6, 6.07) is 5.02. The van der Waals surface area contributed by atoms with E-state index in [9.17, 15) is 9.59 Å². The lowest BCUT2D eigenvalue weighted by molar-refractivity contribution is 0.338. The first-order valence-electron chi connectivity index (χ1n) is 8.12. The lowest BCUT2D eigenvalue weighted by Gasteiger charge is -2.23. The third kappa shape index (κ3) is 3.40. The van der Waals surface area contributed by atoms with E-state index in [4.69, 9.17) is 5.73 Å². The number of anilines is 1. The molecule has 1 saturated carbocycles. The van der Waals surface area contributed by atoms with Crippen LogP contribution in [0.3, 0.4) is 0 Å². The van der Waals surface area contributed by atoms with Gasteiger partial charge in [-0.1, -0.05) is 39.5 Å². The molecule has 5 nitrogen and oxygen atoms in total. The normalized spacial score (nSPS) is 15.4. The highest BCUT2D eigenvalue weighted by Gasteiger charge is 2.19. The van der Waals surface area contributed by atoms with Crippen LogP contribution in [0.5, 0.6) is 0 Å². The van der Waals surface area contributed by atoms with Crippen molar-refractivity contribution >= 4 is 16.6 Å². The standard InChI is InChI=1S/C14H17N3O2.C3H8/c15-9-6-7-12-11(8-9)13(18)17(14(19)16-12)10-4-2-1-3-5-10;1-3-2/h6-8,10H,1-5,15H2,(H,16,19);3H2,1-2H3. The van der Waals surface area contributed by atoms with Crippen LogP contribution >= 0.6 is 0 Å². The molecule has 22 heavy (non-hydrogen) atoms. The van der Waals surface area contributed by atoms with Gasteiger partial charge in [-0.05, 0) is 31.0 Å². The van der Waals surface area contributed by atoms with Gasteiger partial charge >= 0.3 is 5.69 Å². The van der Waals surface area contributed by atoms with E-state index in [-0.39, 0.29) is 17.3 Å². The van der Waals surface area contributed by atoms with Crippen LogP contribution in [0.4, 0.5) is 5.69 Å². The van der Waals surface area contributed by atoms with Crippen molar-refractivity contribution in [2.24, 2.45) is 0 Å². The summed E-state index contributed by atoms with van der Waals surface area (Å²) in [6.45, 7) is 4.25. The molecule has 0 radical (unpaired) electrons. The molecule has 0 aliphatic heterocycles. The number of nitrogen functional groups attached to an aromatic ring is 1. The summed E-state index contributed by atoms with van der Waals surface area (Å²) < 4.78 is 1.38. The first-order chi connectivity index (χ1) is 10.6. The minimum Gasteiger partial charge on any atom is -0.399 e. The molecule has 1 aliphatic rings. The van der Waals surface area contributed by atoms with Crippen molar-refractivity contribution in [2.75, 3.05) is 5.73 Å². The second-order valence-electron chi connectivity index (χ2n) is 5.91. The molecule has 3 rings (SSSR count). The molecule has 1 aliphatic carbocycles. The summed E-state index contributed by atoms with van der Waals surface area (Å²) in [5, 5.41) is 0.491. The number of nitrogens with two attached hydrogens (primary N) is 1. The lowest BCUT2D eigenvalue weighted by atomic mass is 9.95. The third-order valence-corrected chi connectivity index (χ3v) is 3.89. The van der Waals surface area contributed by atoms with Crippen LogP contribution in [0.15, 0.2) is 27.8 Å². The fourth-order valence-electron chi connectivity index (χ4n) is 2.92. The fourth-order valence-corrected chi connectivity index (χ4v) is 2.92. The molecule has 1 aromatic heterocycles. The molecule has 0 bridgehead atoms. The van der Waals surface area contributed by atoms with Crippen molar-refractivity contribution in [1.29, 1.82) is 0 Å². The number of aromatic amines is 1. The molecule has 1 aromatic carbocycles. The van der Waals surface area contributed by atoms with Crippen molar-refractivity contribution in [3.8, 4) is 0 Å². The summed E-state index contributed by atoms with van der Waals surface area (Å²) in [7, 11) is 0. The van der Waals surface area contributed by atoms with Gasteiger partial charge in [0, 0.05) is 11.7 Å². The van der Waals surface area contributed by atoms with Gasteiger partial charge in [-0.15, -0.1) is 0 Å². The van der Waals surface area contributed by atoms with E-state index in [2.05, 4.69) is 18.8 Å². The van der Waals surface area contributed by atoms with E-state index < -0.39 is 0 Å². The van der Waals surface area contributed by atoms with Gasteiger partial charge in [0.15, 0.2) is 0 Å². The number of rotatable bonds is 1. The van der Waals surface area contributed by atoms with Crippen LogP contribution in [0.25, 0.3) is 10.9 Å². The predicted molar refractivity (Wildman–Crippen MR) is 91.3 cm³/mol. The average molecular weight is 303 g/mol. The smallest absolute Gasteiger partial charge is 0.329 e. The third-order valence-electron chi connectivity index (χ3n) is 3.89. The first-order valence-corrected chi connectivity index (χ1v) is 8.12. The van der Waals surface area contributed by atoms with Gasteiger partial charge in [-0.2, -0.15) is 0 Å². The molecule has 2 aromatic rings. The highest BCUT2D eigenvalue weighted by molar-refractivity contribution is 5.80. The Bertz CT molecular complexity index is 740. The number of benzene rings is 1. The maximum absolute atomic E-state index is 12.5. The molecule has 1 heterocycles. The fraction of sp³-hybridized carbons (Fsp3) is 0.529. The van der Waals surface area contributed by atoms with E-state index in [0.717, 1.165) is 25.7 Å². The Morgan fingerprint density at radius 1 is 1.18 bits per heavy atom. The van der Waals surface area contributed by atoms with Crippen molar-refractivity contribution in [3.63, 3.8) is 0 Å². The molecule has 5 heteroatoms. The van der Waals surface area contributed by atoms with Crippen LogP contribution in [-0.2, 0) is 0 Å². The van der Waals surface area contributed by atoms with Gasteiger partial charge in [0.2, 0.25) is 0 Å². The molecular formula is C17H25N3O2. The Balaban J connectivity index is 0.000000545. The Kier molecular flexibility index (Phi) is 5.41. The van der Waals surface area contributed by atoms with Crippen LogP contribution in [0, 0.1) is 0 Å². The lowest BCUT2D eigenvalue weighted by Crippen LogP contribution is -2.38. The number of H-pyrrole nitrogens is 1. The van der Waals surface area contributed by atoms with Crippen molar-refractivity contribution in [1.82, 2.24) is 9.55 Å². The molecule has 120 valence electrons. The Labute approximate surface area is 130 Å². The highest BCUT2D eigenvalue weighted by atomic mass is 16.2. The van der Waals surface area contributed by atoms with Gasteiger partial charge in [0.05, 0.1) is 10.9 Å². The number of hydrogen-bond acceptors (Lipinski definition) is 3. The van der Waals surface area contributed by atoms with Crippen molar-refractivity contribution < 1.29 is 0 Å². The summed E-state index contributed by atoms with van der Waals surface area (Å²) in [6.07, 6.45) is 6.38. The topological polar surface area (TPSA) is 80.9 Å². The van der Waals surface area contributed by atoms with Crippen molar-refractivity contribution in [2.45, 2.75) is 58.4 Å². The van der Waals surface area contributed by atoms with E-state index in [0.29, 0.717) is 16.6 Å². The van der Waals surface area contributed by atoms with Crippen LogP contribution in [0.1, 0.15) is 58.4 Å². The second-order valence-corrected chi connectivity index (χ2v) is 5.91. The highest BCUT2D eigenvalue weighted by Crippen LogP contribution is 2.26. The summed E-state index contributed by atoms with van der Waals surface area (Å²) in [5.41, 5.74) is 6.27. The van der Waals surface area contributed by atoms with Crippen molar-refractivity contribution in [3.05, 3.63) is 39.0 Å². The quantitative estimate of drug-likeness (QED) is 0.794. The van der Waals surface area contributed by atoms with Gasteiger partial charge in [0.25, 0.3) is 5.56 Å². The van der Waals surface area contributed by atoms with E-state index >= 15 is 0 Å². The SMILES string of the molecule is CCC.Nc1ccc2[nH]c(=O)n(C3CCCCC3)c(=O)c2c1. The Morgan fingerprint density at radius 2 is 1.82 bits per heavy atom. The molecular weight excluding hydrogens is 278 g/mol. The van der Waals surface area contributed by atoms with E-state index in [1.54, 1.807) is 18.2 Å². The maximum atomic E-state index is 12.5. The summed E-state index contributed by atoms with van der Waals surface area (Å²) in [5.74, 6) is 0. The van der Waals surface area contributed by atoms with Gasteiger partial charge in [-0.25, -0.2) is 4.79 Å². The van der Waals surface area contributed by atoms with Crippen LogP contribution in [0.2, 0.25) is 0 Å². The Morgan fingerprint density at radius 3 is 2.45 bits per heavy atom. The second kappa shape index (κ2) is 7.29. The molecule has 3 N–H and O–H groups in total. The number of fused-ring (bicyclic) bond motifs is 1. The van der Waals surface area contributed by atoms with Gasteiger partial charge in [0.1, 0.15) is 0 Å². The van der Waals surface area contributed by atoms with E-state index in [1.807, 2.05) is 0 Å². The maximum Gasteiger partial charge on any atom is 0.329 e. The molecule has 0 spiro atoms. The largest absolute Gasteiger partial charge is 0.399 e. The number of nitrogens with one attached hydrogen (secondary N) is 1. The minimum atomic E-state index is -0.311. The van der Waals surface area contributed by atoms with Gasteiger partial charge < -0.3 is 10.7 Å². The van der Waals surface area contributed by atoms with Gasteiger partial charge in [-0.3, -0.25) is 9.36 Å². The number of aromatic nitrogens is 2. The van der Waals surface area contributed by atoms with Crippen LogP contribution in [-0.4, -0.2) is 9.55 Å². The molecule has 1 fully saturated rings. The van der Waals surface area contributed by atoms with Crippen LogP contribution < -0.4 is 17.0 Å². The van der Waals surface area contributed by atoms with E-state index in [1.165, 1.54) is 17.4 Å². The molecule has 0 unspecified atom stereocenters. The summed E-state index contributed by atoms with van der Waals surface area (Å²) in [4.78, 5) is 27.4. The number of hydrogen-bond donors (Lipinski definition) is 2. The molecule has 0 saturated heterocycles. The zero-order valence-corrected chi connectivity index (χ0v) is 13.4. The zero-order valence-electron chi connectivity index (χ0n) is 13.4. The Hall–Kier alpha value is -2.04. The molecule has 0 atom stereocenters. The zero-order chi connectivity index (χ0) is 16.1.